The van der Waals surface area contributed by atoms with Crippen molar-refractivity contribution < 1.29 is 0 Å². The average Bonchev–Trinajstić information content (AvgIpc) is 3.78. The van der Waals surface area contributed by atoms with Crippen LogP contribution in [-0.2, 0) is 5.41 Å². The second-order valence-electron chi connectivity index (χ2n) is 15.0. The minimum absolute atomic E-state index is 0.544. The summed E-state index contributed by atoms with van der Waals surface area (Å²) in [4.78, 5) is 5.09. The molecule has 2 heteroatoms. The van der Waals surface area contributed by atoms with Crippen LogP contribution in [0.5, 0.6) is 0 Å². The lowest BCUT2D eigenvalue weighted by atomic mass is 9.65. The molecule has 260 valence electrons. The van der Waals surface area contributed by atoms with Gasteiger partial charge in [-0.25, -0.2) is 4.98 Å². The SMILES string of the molecule is c1ccc(-c2nc3ccccc3n2-c2ccc(-c3ccc4c(c3)C3(c5ccccc5-c5ccccc5-4)c4ccccc4-c4c3ccc3ccccc43)cc2)cc1. The molecule has 10 aromatic rings. The van der Waals surface area contributed by atoms with E-state index in [1.54, 1.807) is 0 Å². The first-order valence-electron chi connectivity index (χ1n) is 19.4. The predicted molar refractivity (Wildman–Crippen MR) is 231 cm³/mol. The Balaban J connectivity index is 1.12. The van der Waals surface area contributed by atoms with Crippen LogP contribution in [0.4, 0.5) is 0 Å². The molecular formula is C54H34N2. The Kier molecular flexibility index (Phi) is 6.58. The molecule has 2 aliphatic carbocycles. The van der Waals surface area contributed by atoms with Gasteiger partial charge in [-0.2, -0.15) is 0 Å². The topological polar surface area (TPSA) is 17.8 Å². The first-order valence-corrected chi connectivity index (χ1v) is 19.4. The maximum atomic E-state index is 5.09. The first kappa shape index (κ1) is 31.1. The van der Waals surface area contributed by atoms with Gasteiger partial charge in [0.25, 0.3) is 0 Å². The molecule has 1 atom stereocenters. The van der Waals surface area contributed by atoms with Gasteiger partial charge in [-0.3, -0.25) is 4.57 Å². The molecule has 12 rings (SSSR count). The number of fused-ring (bicyclic) bond motifs is 15. The van der Waals surface area contributed by atoms with Gasteiger partial charge in [-0.1, -0.05) is 176 Å². The molecule has 0 bridgehead atoms. The van der Waals surface area contributed by atoms with Crippen molar-refractivity contribution in [3.63, 3.8) is 0 Å². The van der Waals surface area contributed by atoms with Crippen LogP contribution in [0.15, 0.2) is 206 Å². The minimum atomic E-state index is -0.544. The number of imidazole rings is 1. The molecule has 0 N–H and O–H groups in total. The Morgan fingerprint density at radius 2 is 0.982 bits per heavy atom. The number of hydrogen-bond donors (Lipinski definition) is 0. The van der Waals surface area contributed by atoms with Gasteiger partial charge < -0.3 is 0 Å². The van der Waals surface area contributed by atoms with Crippen LogP contribution in [0.1, 0.15) is 22.3 Å². The quantitative estimate of drug-likeness (QED) is 0.178. The van der Waals surface area contributed by atoms with Gasteiger partial charge in [0.2, 0.25) is 0 Å². The Morgan fingerprint density at radius 1 is 0.375 bits per heavy atom. The van der Waals surface area contributed by atoms with E-state index in [1.165, 1.54) is 77.5 Å². The van der Waals surface area contributed by atoms with Gasteiger partial charge >= 0.3 is 0 Å². The lowest BCUT2D eigenvalue weighted by Gasteiger charge is -2.35. The zero-order valence-corrected chi connectivity index (χ0v) is 30.5. The Labute approximate surface area is 325 Å². The van der Waals surface area contributed by atoms with E-state index < -0.39 is 5.41 Å². The maximum absolute atomic E-state index is 5.09. The Hall–Kier alpha value is -7.29. The molecule has 1 aromatic heterocycles. The van der Waals surface area contributed by atoms with Gasteiger partial charge in [0, 0.05) is 11.3 Å². The highest BCUT2D eigenvalue weighted by Crippen LogP contribution is 2.62. The molecule has 1 unspecified atom stereocenters. The van der Waals surface area contributed by atoms with Gasteiger partial charge in [0.1, 0.15) is 5.82 Å². The molecule has 0 aliphatic heterocycles. The van der Waals surface area contributed by atoms with Crippen LogP contribution < -0.4 is 0 Å². The molecule has 1 heterocycles. The third-order valence-corrected chi connectivity index (χ3v) is 12.2. The van der Waals surface area contributed by atoms with Crippen molar-refractivity contribution in [2.24, 2.45) is 0 Å². The molecule has 1 spiro atoms. The lowest BCUT2D eigenvalue weighted by Crippen LogP contribution is -2.29. The smallest absolute Gasteiger partial charge is 0.145 e. The van der Waals surface area contributed by atoms with Crippen molar-refractivity contribution in [3.05, 3.63) is 229 Å². The van der Waals surface area contributed by atoms with Crippen LogP contribution in [-0.4, -0.2) is 9.55 Å². The summed E-state index contributed by atoms with van der Waals surface area (Å²) in [7, 11) is 0. The van der Waals surface area contributed by atoms with E-state index in [4.69, 9.17) is 4.98 Å². The summed E-state index contributed by atoms with van der Waals surface area (Å²) in [6.45, 7) is 0. The summed E-state index contributed by atoms with van der Waals surface area (Å²) in [6, 6.07) is 75.9. The van der Waals surface area contributed by atoms with Crippen LogP contribution in [0.25, 0.3) is 83.4 Å². The first-order chi connectivity index (χ1) is 27.8. The summed E-state index contributed by atoms with van der Waals surface area (Å²) in [6.07, 6.45) is 0. The summed E-state index contributed by atoms with van der Waals surface area (Å²) < 4.78 is 2.28. The molecule has 9 aromatic carbocycles. The molecule has 0 saturated heterocycles. The van der Waals surface area contributed by atoms with Crippen LogP contribution in [0.3, 0.4) is 0 Å². The number of nitrogens with zero attached hydrogens (tertiary/aromatic N) is 2. The van der Waals surface area contributed by atoms with E-state index in [0.717, 1.165) is 28.1 Å². The molecule has 0 amide bonds. The highest BCUT2D eigenvalue weighted by Gasteiger charge is 2.50. The highest BCUT2D eigenvalue weighted by molar-refractivity contribution is 6.06. The Bertz CT molecular complexity index is 3190. The molecule has 0 fully saturated rings. The number of para-hydroxylation sites is 2. The van der Waals surface area contributed by atoms with Crippen LogP contribution in [0.2, 0.25) is 0 Å². The van der Waals surface area contributed by atoms with Crippen molar-refractivity contribution in [1.29, 1.82) is 0 Å². The molecule has 2 nitrogen and oxygen atoms in total. The third kappa shape index (κ3) is 4.24. The molecule has 0 radical (unpaired) electrons. The van der Waals surface area contributed by atoms with Gasteiger partial charge in [-0.15, -0.1) is 0 Å². The fourth-order valence-corrected chi connectivity index (χ4v) is 9.91. The van der Waals surface area contributed by atoms with Crippen molar-refractivity contribution >= 4 is 21.8 Å². The van der Waals surface area contributed by atoms with E-state index in [2.05, 4.69) is 211 Å². The zero-order valence-electron chi connectivity index (χ0n) is 30.5. The molecular weight excluding hydrogens is 677 g/mol. The van der Waals surface area contributed by atoms with E-state index >= 15 is 0 Å². The fourth-order valence-electron chi connectivity index (χ4n) is 9.91. The van der Waals surface area contributed by atoms with Crippen molar-refractivity contribution in [1.82, 2.24) is 9.55 Å². The summed E-state index contributed by atoms with van der Waals surface area (Å²) in [5.41, 5.74) is 19.1. The van der Waals surface area contributed by atoms with Gasteiger partial charge in [0.05, 0.1) is 16.4 Å². The largest absolute Gasteiger partial charge is 0.292 e. The third-order valence-electron chi connectivity index (χ3n) is 12.2. The second-order valence-corrected chi connectivity index (χ2v) is 15.0. The number of benzene rings is 9. The summed E-state index contributed by atoms with van der Waals surface area (Å²) in [5.74, 6) is 0.940. The van der Waals surface area contributed by atoms with E-state index in [9.17, 15) is 0 Å². The number of aromatic nitrogens is 2. The lowest BCUT2D eigenvalue weighted by molar-refractivity contribution is 0.776. The normalized spacial score (nSPS) is 14.9. The number of rotatable bonds is 3. The molecule has 0 saturated carbocycles. The minimum Gasteiger partial charge on any atom is -0.292 e. The monoisotopic (exact) mass is 710 g/mol. The molecule has 56 heavy (non-hydrogen) atoms. The summed E-state index contributed by atoms with van der Waals surface area (Å²) >= 11 is 0. The summed E-state index contributed by atoms with van der Waals surface area (Å²) in [5, 5.41) is 2.56. The zero-order chi connectivity index (χ0) is 36.8. The van der Waals surface area contributed by atoms with E-state index in [-0.39, 0.29) is 0 Å². The van der Waals surface area contributed by atoms with E-state index in [0.29, 0.717) is 0 Å². The maximum Gasteiger partial charge on any atom is 0.145 e. The second kappa shape index (κ2) is 11.9. The average molecular weight is 711 g/mol. The van der Waals surface area contributed by atoms with Crippen molar-refractivity contribution in [3.8, 4) is 61.6 Å². The Morgan fingerprint density at radius 3 is 1.79 bits per heavy atom. The van der Waals surface area contributed by atoms with Crippen LogP contribution in [0, 0.1) is 0 Å². The van der Waals surface area contributed by atoms with Crippen molar-refractivity contribution in [2.45, 2.75) is 5.41 Å². The van der Waals surface area contributed by atoms with E-state index in [1.807, 2.05) is 0 Å². The van der Waals surface area contributed by atoms with Gasteiger partial charge in [-0.05, 0) is 108 Å². The van der Waals surface area contributed by atoms with Crippen LogP contribution >= 0.6 is 0 Å². The highest BCUT2D eigenvalue weighted by atomic mass is 15.1. The fraction of sp³-hybridized carbons (Fsp3) is 0.0185. The van der Waals surface area contributed by atoms with Gasteiger partial charge in [0.15, 0.2) is 0 Å². The number of hydrogen-bond acceptors (Lipinski definition) is 1. The molecule has 2 aliphatic rings. The predicted octanol–water partition coefficient (Wildman–Crippen LogP) is 13.5. The standard InChI is InChI=1S/C54H34N2/c1-2-15-37(16-3-1)53-55-50-24-12-13-25-51(50)56(53)39-30-26-35(27-31-39)38-28-32-44-42-19-7-6-18-41(42)43-20-8-10-22-46(43)54(49(44)34-38)47-23-11-9-21-45(47)52-40-17-5-4-14-36(40)29-33-48(52)54/h1-34H. The van der Waals surface area contributed by atoms with Crippen molar-refractivity contribution in [2.75, 3.05) is 0 Å².